The van der Waals surface area contributed by atoms with Gasteiger partial charge >= 0.3 is 0 Å². The lowest BCUT2D eigenvalue weighted by Gasteiger charge is -2.23. The SMILES string of the molecule is C[C@@](O)(Cc1cnccn1)c1ccccc1. The number of aliphatic hydroxyl groups is 1. The standard InChI is InChI=1S/C13H14N2O/c1-13(16,11-5-3-2-4-6-11)9-12-10-14-7-8-15-12/h2-8,10,16H,9H2,1H3/t13-/m1/s1. The predicted octanol–water partition coefficient (Wildman–Crippen LogP) is 1.93. The normalized spacial score (nSPS) is 14.4. The number of hydrogen-bond donors (Lipinski definition) is 1. The van der Waals surface area contributed by atoms with Crippen molar-refractivity contribution in [2.45, 2.75) is 18.9 Å². The van der Waals surface area contributed by atoms with Crippen molar-refractivity contribution in [1.29, 1.82) is 0 Å². The smallest absolute Gasteiger partial charge is 0.0924 e. The lowest BCUT2D eigenvalue weighted by molar-refractivity contribution is 0.0565. The summed E-state index contributed by atoms with van der Waals surface area (Å²) in [5.74, 6) is 0. The van der Waals surface area contributed by atoms with Crippen LogP contribution in [0.1, 0.15) is 18.2 Å². The molecule has 1 aromatic carbocycles. The maximum absolute atomic E-state index is 10.4. The van der Waals surface area contributed by atoms with Crippen LogP contribution >= 0.6 is 0 Å². The van der Waals surface area contributed by atoms with Gasteiger partial charge in [0.25, 0.3) is 0 Å². The molecule has 3 heteroatoms. The summed E-state index contributed by atoms with van der Waals surface area (Å²) in [7, 11) is 0. The summed E-state index contributed by atoms with van der Waals surface area (Å²) in [5, 5.41) is 10.4. The quantitative estimate of drug-likeness (QED) is 0.849. The Hall–Kier alpha value is -1.74. The third-order valence-electron chi connectivity index (χ3n) is 2.54. The Balaban J connectivity index is 2.21. The fraction of sp³-hybridized carbons (Fsp3) is 0.231. The Bertz CT molecular complexity index is 440. The van der Waals surface area contributed by atoms with E-state index in [1.807, 2.05) is 30.3 Å². The van der Waals surface area contributed by atoms with E-state index >= 15 is 0 Å². The predicted molar refractivity (Wildman–Crippen MR) is 61.7 cm³/mol. The summed E-state index contributed by atoms with van der Waals surface area (Å²) in [6, 6.07) is 9.59. The highest BCUT2D eigenvalue weighted by molar-refractivity contribution is 5.23. The maximum atomic E-state index is 10.4. The number of nitrogens with zero attached hydrogens (tertiary/aromatic N) is 2. The summed E-state index contributed by atoms with van der Waals surface area (Å²) in [6.45, 7) is 1.79. The van der Waals surface area contributed by atoms with Crippen LogP contribution in [0.5, 0.6) is 0 Å². The topological polar surface area (TPSA) is 46.0 Å². The Morgan fingerprint density at radius 1 is 1.19 bits per heavy atom. The first-order valence-electron chi connectivity index (χ1n) is 5.21. The van der Waals surface area contributed by atoms with E-state index in [0.29, 0.717) is 6.42 Å². The lowest BCUT2D eigenvalue weighted by atomic mass is 9.91. The minimum absolute atomic E-state index is 0.463. The van der Waals surface area contributed by atoms with Crippen LogP contribution in [-0.2, 0) is 12.0 Å². The third kappa shape index (κ3) is 2.44. The molecule has 0 radical (unpaired) electrons. The fourth-order valence-corrected chi connectivity index (χ4v) is 1.67. The molecule has 0 bridgehead atoms. The molecule has 0 saturated heterocycles. The van der Waals surface area contributed by atoms with E-state index in [9.17, 15) is 5.11 Å². The zero-order valence-electron chi connectivity index (χ0n) is 9.17. The highest BCUT2D eigenvalue weighted by atomic mass is 16.3. The molecule has 0 spiro atoms. The van der Waals surface area contributed by atoms with Crippen LogP contribution in [0.15, 0.2) is 48.9 Å². The van der Waals surface area contributed by atoms with E-state index in [-0.39, 0.29) is 0 Å². The molecule has 0 amide bonds. The minimum atomic E-state index is -0.905. The van der Waals surface area contributed by atoms with Gasteiger partial charge in [-0.3, -0.25) is 9.97 Å². The molecular formula is C13H14N2O. The molecule has 82 valence electrons. The van der Waals surface area contributed by atoms with Gasteiger partial charge in [0.15, 0.2) is 0 Å². The Kier molecular flexibility index (Phi) is 2.97. The number of rotatable bonds is 3. The van der Waals surface area contributed by atoms with Gasteiger partial charge in [-0.2, -0.15) is 0 Å². The summed E-state index contributed by atoms with van der Waals surface area (Å²) >= 11 is 0. The van der Waals surface area contributed by atoms with Crippen LogP contribution in [0.3, 0.4) is 0 Å². The molecule has 0 unspecified atom stereocenters. The fourth-order valence-electron chi connectivity index (χ4n) is 1.67. The van der Waals surface area contributed by atoms with Crippen LogP contribution < -0.4 is 0 Å². The molecule has 1 heterocycles. The van der Waals surface area contributed by atoms with Crippen molar-refractivity contribution in [2.75, 3.05) is 0 Å². The van der Waals surface area contributed by atoms with E-state index in [0.717, 1.165) is 11.3 Å². The van der Waals surface area contributed by atoms with Crippen LogP contribution in [-0.4, -0.2) is 15.1 Å². The van der Waals surface area contributed by atoms with E-state index in [1.54, 1.807) is 25.5 Å². The lowest BCUT2D eigenvalue weighted by Crippen LogP contribution is -2.24. The van der Waals surface area contributed by atoms with Crippen molar-refractivity contribution in [1.82, 2.24) is 9.97 Å². The first kappa shape index (κ1) is 10.8. The largest absolute Gasteiger partial charge is 0.385 e. The summed E-state index contributed by atoms with van der Waals surface area (Å²) in [6.07, 6.45) is 5.40. The van der Waals surface area contributed by atoms with Gasteiger partial charge in [0.2, 0.25) is 0 Å². The minimum Gasteiger partial charge on any atom is -0.385 e. The van der Waals surface area contributed by atoms with Gasteiger partial charge in [0.1, 0.15) is 0 Å². The van der Waals surface area contributed by atoms with Crippen molar-refractivity contribution < 1.29 is 5.11 Å². The number of benzene rings is 1. The van der Waals surface area contributed by atoms with Crippen LogP contribution in [0.2, 0.25) is 0 Å². The van der Waals surface area contributed by atoms with Crippen molar-refractivity contribution in [3.8, 4) is 0 Å². The van der Waals surface area contributed by atoms with Crippen LogP contribution in [0.25, 0.3) is 0 Å². The van der Waals surface area contributed by atoms with E-state index in [4.69, 9.17) is 0 Å². The highest BCUT2D eigenvalue weighted by Crippen LogP contribution is 2.23. The molecule has 1 aromatic heterocycles. The second-order valence-corrected chi connectivity index (χ2v) is 4.01. The summed E-state index contributed by atoms with van der Waals surface area (Å²) in [5.41, 5.74) is 0.772. The van der Waals surface area contributed by atoms with E-state index in [1.165, 1.54) is 0 Å². The van der Waals surface area contributed by atoms with Crippen molar-refractivity contribution in [2.24, 2.45) is 0 Å². The highest BCUT2D eigenvalue weighted by Gasteiger charge is 2.23. The van der Waals surface area contributed by atoms with Crippen molar-refractivity contribution in [3.63, 3.8) is 0 Å². The van der Waals surface area contributed by atoms with Gasteiger partial charge in [-0.25, -0.2) is 0 Å². The van der Waals surface area contributed by atoms with E-state index < -0.39 is 5.60 Å². The molecule has 0 aliphatic rings. The molecule has 16 heavy (non-hydrogen) atoms. The van der Waals surface area contributed by atoms with Gasteiger partial charge in [-0.1, -0.05) is 30.3 Å². The second-order valence-electron chi connectivity index (χ2n) is 4.01. The second kappa shape index (κ2) is 4.41. The molecule has 1 atom stereocenters. The molecule has 2 rings (SSSR count). The Morgan fingerprint density at radius 3 is 2.56 bits per heavy atom. The van der Waals surface area contributed by atoms with Crippen molar-refractivity contribution in [3.05, 3.63) is 60.2 Å². The average Bonchev–Trinajstić information content (AvgIpc) is 2.31. The van der Waals surface area contributed by atoms with Gasteiger partial charge in [0.05, 0.1) is 11.3 Å². The average molecular weight is 214 g/mol. The Morgan fingerprint density at radius 2 is 1.94 bits per heavy atom. The van der Waals surface area contributed by atoms with Gasteiger partial charge < -0.3 is 5.11 Å². The first-order valence-corrected chi connectivity index (χ1v) is 5.21. The Labute approximate surface area is 94.8 Å². The number of hydrogen-bond acceptors (Lipinski definition) is 3. The van der Waals surface area contributed by atoms with Gasteiger partial charge in [-0.15, -0.1) is 0 Å². The summed E-state index contributed by atoms with van der Waals surface area (Å²) < 4.78 is 0. The molecule has 0 saturated carbocycles. The zero-order valence-corrected chi connectivity index (χ0v) is 9.17. The molecule has 1 N–H and O–H groups in total. The zero-order chi connectivity index (χ0) is 11.4. The molecule has 0 aliphatic carbocycles. The van der Waals surface area contributed by atoms with Crippen molar-refractivity contribution >= 4 is 0 Å². The maximum Gasteiger partial charge on any atom is 0.0924 e. The molecule has 0 aliphatic heterocycles. The monoisotopic (exact) mass is 214 g/mol. The molecular weight excluding hydrogens is 200 g/mol. The summed E-state index contributed by atoms with van der Waals surface area (Å²) in [4.78, 5) is 8.16. The van der Waals surface area contributed by atoms with Crippen LogP contribution in [0.4, 0.5) is 0 Å². The molecule has 2 aromatic rings. The van der Waals surface area contributed by atoms with Gasteiger partial charge in [-0.05, 0) is 12.5 Å². The van der Waals surface area contributed by atoms with Gasteiger partial charge in [0, 0.05) is 25.0 Å². The van der Waals surface area contributed by atoms with E-state index in [2.05, 4.69) is 9.97 Å². The molecule has 3 nitrogen and oxygen atoms in total. The third-order valence-corrected chi connectivity index (χ3v) is 2.54. The first-order chi connectivity index (χ1) is 7.68. The number of aromatic nitrogens is 2. The molecule has 0 fully saturated rings. The van der Waals surface area contributed by atoms with Crippen LogP contribution in [0, 0.1) is 0 Å².